The summed E-state index contributed by atoms with van der Waals surface area (Å²) in [6.07, 6.45) is 0. The van der Waals surface area contributed by atoms with E-state index in [4.69, 9.17) is 9.15 Å². The zero-order chi connectivity index (χ0) is 21.3. The minimum atomic E-state index is -0.261. The van der Waals surface area contributed by atoms with Crippen LogP contribution in [-0.2, 0) is 6.54 Å². The highest BCUT2D eigenvalue weighted by Crippen LogP contribution is 2.27. The first-order valence-electron chi connectivity index (χ1n) is 10.7. The Kier molecular flexibility index (Phi) is 5.82. The maximum absolute atomic E-state index is 12.2. The fourth-order valence-corrected chi connectivity index (χ4v) is 4.49. The molecular weight excluding hydrogens is 376 g/mol. The molecule has 0 aliphatic carbocycles. The minimum absolute atomic E-state index is 0.261. The van der Waals surface area contributed by atoms with E-state index in [0.717, 1.165) is 49.4 Å². The van der Waals surface area contributed by atoms with Gasteiger partial charge in [-0.05, 0) is 48.2 Å². The third-order valence-corrected chi connectivity index (χ3v) is 6.17. The Bertz CT molecular complexity index is 1100. The Balaban J connectivity index is 1.53. The summed E-state index contributed by atoms with van der Waals surface area (Å²) in [6.45, 7) is 11.4. The second kappa shape index (κ2) is 8.52. The van der Waals surface area contributed by atoms with Gasteiger partial charge in [-0.1, -0.05) is 19.9 Å². The molecule has 0 bridgehead atoms. The van der Waals surface area contributed by atoms with Crippen LogP contribution in [0, 0.1) is 6.92 Å². The van der Waals surface area contributed by atoms with Gasteiger partial charge in [-0.25, -0.2) is 4.79 Å². The molecule has 0 unspecified atom stereocenters. The number of quaternary nitrogens is 1. The van der Waals surface area contributed by atoms with Crippen LogP contribution in [0.2, 0.25) is 0 Å². The van der Waals surface area contributed by atoms with Crippen LogP contribution >= 0.6 is 0 Å². The number of nitrogens with zero attached hydrogens (tertiary/aromatic N) is 1. The van der Waals surface area contributed by atoms with E-state index in [0.29, 0.717) is 11.5 Å². The van der Waals surface area contributed by atoms with Crippen LogP contribution in [0.1, 0.15) is 36.5 Å². The van der Waals surface area contributed by atoms with Crippen LogP contribution in [-0.4, -0.2) is 33.3 Å². The molecule has 1 saturated heterocycles. The molecule has 2 aromatic carbocycles. The predicted octanol–water partition coefficient (Wildman–Crippen LogP) is 3.14. The van der Waals surface area contributed by atoms with Gasteiger partial charge in [-0.15, -0.1) is 0 Å². The summed E-state index contributed by atoms with van der Waals surface area (Å²) in [5.74, 6) is 1.33. The Morgan fingerprint density at radius 2 is 1.90 bits per heavy atom. The molecule has 1 fully saturated rings. The smallest absolute Gasteiger partial charge is 0.336 e. The van der Waals surface area contributed by atoms with Crippen molar-refractivity contribution in [2.75, 3.05) is 38.2 Å². The van der Waals surface area contributed by atoms with Crippen LogP contribution < -0.4 is 20.2 Å². The Labute approximate surface area is 177 Å². The molecule has 1 aliphatic rings. The molecule has 5 heteroatoms. The van der Waals surface area contributed by atoms with Crippen LogP contribution in [0.25, 0.3) is 11.0 Å². The van der Waals surface area contributed by atoms with E-state index >= 15 is 0 Å². The molecule has 30 heavy (non-hydrogen) atoms. The van der Waals surface area contributed by atoms with Crippen molar-refractivity contribution in [3.8, 4) is 5.75 Å². The lowest BCUT2D eigenvalue weighted by molar-refractivity contribution is -0.914. The molecule has 1 aliphatic heterocycles. The molecule has 0 saturated carbocycles. The summed E-state index contributed by atoms with van der Waals surface area (Å²) in [4.78, 5) is 16.1. The number of rotatable bonds is 5. The monoisotopic (exact) mass is 407 g/mol. The van der Waals surface area contributed by atoms with Gasteiger partial charge in [0.2, 0.25) is 0 Å². The summed E-state index contributed by atoms with van der Waals surface area (Å²) < 4.78 is 10.9. The van der Waals surface area contributed by atoms with Crippen LogP contribution in [0.5, 0.6) is 5.75 Å². The lowest BCUT2D eigenvalue weighted by Gasteiger charge is -2.34. The first-order valence-corrected chi connectivity index (χ1v) is 10.7. The minimum Gasteiger partial charge on any atom is -0.497 e. The third kappa shape index (κ3) is 4.21. The zero-order valence-corrected chi connectivity index (χ0v) is 18.3. The second-order valence-corrected chi connectivity index (χ2v) is 8.57. The number of benzene rings is 2. The van der Waals surface area contributed by atoms with Crippen molar-refractivity contribution in [1.29, 1.82) is 0 Å². The maximum atomic E-state index is 12.2. The topological polar surface area (TPSA) is 47.1 Å². The summed E-state index contributed by atoms with van der Waals surface area (Å²) in [5.41, 5.74) is 5.23. The number of ether oxygens (including phenoxy) is 1. The standard InChI is InChI=1S/C25H30N2O3/c1-17(2)22-15-23-19(13-25(28)30-24(23)12-18(22)3)16-26-8-10-27(11-9-26)20-6-5-7-21(14-20)29-4/h5-7,12-15,17H,8-11,16H2,1-4H3/p+1. The maximum Gasteiger partial charge on any atom is 0.336 e. The fourth-order valence-electron chi connectivity index (χ4n) is 4.49. The van der Waals surface area contributed by atoms with Crippen LogP contribution in [0.3, 0.4) is 0 Å². The molecule has 0 radical (unpaired) electrons. The average Bonchev–Trinajstić information content (AvgIpc) is 2.73. The summed E-state index contributed by atoms with van der Waals surface area (Å²) in [5, 5.41) is 1.08. The van der Waals surface area contributed by atoms with Crippen LogP contribution in [0.4, 0.5) is 5.69 Å². The van der Waals surface area contributed by atoms with Gasteiger partial charge in [0.15, 0.2) is 0 Å². The number of anilines is 1. The van der Waals surface area contributed by atoms with E-state index < -0.39 is 0 Å². The van der Waals surface area contributed by atoms with Gasteiger partial charge >= 0.3 is 5.63 Å². The van der Waals surface area contributed by atoms with Crippen molar-refractivity contribution in [2.45, 2.75) is 33.2 Å². The van der Waals surface area contributed by atoms with Crippen molar-refractivity contribution in [1.82, 2.24) is 0 Å². The highest BCUT2D eigenvalue weighted by Gasteiger charge is 2.22. The van der Waals surface area contributed by atoms with Gasteiger partial charge in [-0.2, -0.15) is 0 Å². The van der Waals surface area contributed by atoms with E-state index in [1.807, 2.05) is 18.2 Å². The fraction of sp³-hybridized carbons (Fsp3) is 0.400. The largest absolute Gasteiger partial charge is 0.497 e. The molecule has 3 aromatic rings. The molecule has 5 nitrogen and oxygen atoms in total. The molecule has 158 valence electrons. The van der Waals surface area contributed by atoms with Crippen molar-refractivity contribution in [2.24, 2.45) is 0 Å². The number of hydrogen-bond acceptors (Lipinski definition) is 4. The summed E-state index contributed by atoms with van der Waals surface area (Å²) >= 11 is 0. The predicted molar refractivity (Wildman–Crippen MR) is 121 cm³/mol. The van der Waals surface area contributed by atoms with E-state index in [1.165, 1.54) is 21.7 Å². The Hall–Kier alpha value is -2.79. The van der Waals surface area contributed by atoms with Crippen molar-refractivity contribution in [3.05, 3.63) is 69.6 Å². The Morgan fingerprint density at radius 1 is 1.13 bits per heavy atom. The number of nitrogens with one attached hydrogen (secondary N) is 1. The van der Waals surface area contributed by atoms with Crippen molar-refractivity contribution in [3.63, 3.8) is 0 Å². The van der Waals surface area contributed by atoms with E-state index in [-0.39, 0.29) is 5.63 Å². The highest BCUT2D eigenvalue weighted by molar-refractivity contribution is 5.82. The molecule has 0 spiro atoms. The van der Waals surface area contributed by atoms with Gasteiger partial charge in [0, 0.05) is 28.8 Å². The number of hydrogen-bond donors (Lipinski definition) is 1. The first kappa shape index (κ1) is 20.5. The number of aryl methyl sites for hydroxylation is 1. The first-order chi connectivity index (χ1) is 14.4. The van der Waals surface area contributed by atoms with Crippen LogP contribution in [0.15, 0.2) is 51.7 Å². The number of piperazine rings is 1. The van der Waals surface area contributed by atoms with E-state index in [2.05, 4.69) is 43.9 Å². The average molecular weight is 408 g/mol. The zero-order valence-electron chi connectivity index (χ0n) is 18.3. The molecular formula is C25H31N2O3+. The highest BCUT2D eigenvalue weighted by atomic mass is 16.5. The summed E-state index contributed by atoms with van der Waals surface area (Å²) in [7, 11) is 1.70. The Morgan fingerprint density at radius 3 is 2.60 bits per heavy atom. The third-order valence-electron chi connectivity index (χ3n) is 6.17. The lowest BCUT2D eigenvalue weighted by atomic mass is 9.95. The van der Waals surface area contributed by atoms with E-state index in [1.54, 1.807) is 13.2 Å². The van der Waals surface area contributed by atoms with E-state index in [9.17, 15) is 4.79 Å². The second-order valence-electron chi connectivity index (χ2n) is 8.57. The SMILES string of the molecule is COc1cccc(N2CC[NH+](Cc3cc(=O)oc4cc(C)c(C(C)C)cc34)CC2)c1. The van der Waals surface area contributed by atoms with Gasteiger partial charge in [-0.3, -0.25) is 0 Å². The number of methoxy groups -OCH3 is 1. The molecule has 2 heterocycles. The normalized spacial score (nSPS) is 15.2. The van der Waals surface area contributed by atoms with Gasteiger partial charge in [0.25, 0.3) is 0 Å². The lowest BCUT2D eigenvalue weighted by Crippen LogP contribution is -3.13. The van der Waals surface area contributed by atoms with Gasteiger partial charge in [0.1, 0.15) is 17.9 Å². The van der Waals surface area contributed by atoms with Gasteiger partial charge in [0.05, 0.1) is 33.3 Å². The van der Waals surface area contributed by atoms with Crippen molar-refractivity contribution >= 4 is 16.7 Å². The van der Waals surface area contributed by atoms with Gasteiger partial charge < -0.3 is 19.0 Å². The summed E-state index contributed by atoms with van der Waals surface area (Å²) in [6, 6.07) is 14.2. The molecule has 0 atom stereocenters. The van der Waals surface area contributed by atoms with Crippen molar-refractivity contribution < 1.29 is 14.1 Å². The quantitative estimate of drug-likeness (QED) is 0.660. The number of fused-ring (bicyclic) bond motifs is 1. The molecule has 1 N–H and O–H groups in total. The molecule has 0 amide bonds. The molecule has 1 aromatic heterocycles. The molecule has 4 rings (SSSR count).